The molecule has 2 N–H and O–H groups in total. The van der Waals surface area contributed by atoms with Gasteiger partial charge in [0.2, 0.25) is 5.71 Å². The molecule has 5 nitrogen and oxygen atoms in total. The minimum absolute atomic E-state index is 0.533. The Labute approximate surface area is 106 Å². The van der Waals surface area contributed by atoms with Crippen LogP contribution in [0.4, 0.5) is 0 Å². The van der Waals surface area contributed by atoms with Gasteiger partial charge in [-0.3, -0.25) is 4.99 Å². The van der Waals surface area contributed by atoms with Crippen LogP contribution >= 0.6 is 15.9 Å². The third-order valence-corrected chi connectivity index (χ3v) is 2.55. The van der Waals surface area contributed by atoms with Gasteiger partial charge in [0, 0.05) is 4.47 Å². The van der Waals surface area contributed by atoms with E-state index >= 15 is 0 Å². The van der Waals surface area contributed by atoms with Crippen LogP contribution in [0.5, 0.6) is 0 Å². The van der Waals surface area contributed by atoms with Gasteiger partial charge in [0.15, 0.2) is 0 Å². The molecule has 1 atom stereocenters. The molecule has 1 rings (SSSR count). The van der Waals surface area contributed by atoms with E-state index in [1.54, 1.807) is 25.1 Å². The number of rotatable bonds is 4. The maximum absolute atomic E-state index is 10.7. The third-order valence-electron chi connectivity index (χ3n) is 2.06. The van der Waals surface area contributed by atoms with E-state index in [0.29, 0.717) is 0 Å². The molecule has 0 heterocycles. The normalized spacial score (nSPS) is 11.6. The summed E-state index contributed by atoms with van der Waals surface area (Å²) < 4.78 is 0.823. The molecule has 0 fully saturated rings. The molecule has 0 saturated heterocycles. The Kier molecular flexibility index (Phi) is 4.39. The van der Waals surface area contributed by atoms with E-state index in [4.69, 9.17) is 10.2 Å². The van der Waals surface area contributed by atoms with Gasteiger partial charge in [0.05, 0.1) is 6.04 Å². The molecule has 0 aliphatic rings. The van der Waals surface area contributed by atoms with Crippen molar-refractivity contribution in [1.29, 1.82) is 0 Å². The molecule has 6 heteroatoms. The lowest BCUT2D eigenvalue weighted by Gasteiger charge is -2.07. The van der Waals surface area contributed by atoms with Crippen LogP contribution in [0.2, 0.25) is 0 Å². The second-order valence-electron chi connectivity index (χ2n) is 3.32. The Morgan fingerprint density at radius 3 is 2.35 bits per heavy atom. The largest absolute Gasteiger partial charge is 0.476 e. The average molecular weight is 300 g/mol. The maximum Gasteiger partial charge on any atom is 0.361 e. The van der Waals surface area contributed by atoms with Crippen molar-refractivity contribution >= 4 is 33.6 Å². The van der Waals surface area contributed by atoms with Gasteiger partial charge in [-0.2, -0.15) is 0 Å². The summed E-state index contributed by atoms with van der Waals surface area (Å²) in [4.78, 5) is 25.0. The first kappa shape index (κ1) is 13.4. The molecular formula is C11H10BrNO4. The van der Waals surface area contributed by atoms with Crippen LogP contribution in [-0.2, 0) is 9.59 Å². The lowest BCUT2D eigenvalue weighted by molar-refractivity contribution is -0.134. The fraction of sp³-hybridized carbons (Fsp3) is 0.182. The quantitative estimate of drug-likeness (QED) is 0.658. The number of carbonyl (C=O) groups is 2. The highest BCUT2D eigenvalue weighted by Crippen LogP contribution is 2.20. The fourth-order valence-corrected chi connectivity index (χ4v) is 1.65. The summed E-state index contributed by atoms with van der Waals surface area (Å²) >= 11 is 3.27. The molecule has 0 bridgehead atoms. The summed E-state index contributed by atoms with van der Waals surface area (Å²) in [7, 11) is 0. The topological polar surface area (TPSA) is 87.0 Å². The summed E-state index contributed by atoms with van der Waals surface area (Å²) in [6, 6.07) is 6.56. The third kappa shape index (κ3) is 3.67. The molecule has 0 aromatic heterocycles. The van der Waals surface area contributed by atoms with Crippen molar-refractivity contribution in [3.05, 3.63) is 34.3 Å². The zero-order valence-corrected chi connectivity index (χ0v) is 10.5. The number of aliphatic carboxylic acids is 2. The average Bonchev–Trinajstić information content (AvgIpc) is 2.24. The number of carboxylic acids is 2. The Morgan fingerprint density at radius 1 is 1.29 bits per heavy atom. The van der Waals surface area contributed by atoms with Crippen LogP contribution in [0.1, 0.15) is 18.5 Å². The van der Waals surface area contributed by atoms with E-state index in [0.717, 1.165) is 10.0 Å². The van der Waals surface area contributed by atoms with Gasteiger partial charge in [-0.1, -0.05) is 28.1 Å². The molecule has 17 heavy (non-hydrogen) atoms. The highest BCUT2D eigenvalue weighted by atomic mass is 79.9. The molecular weight excluding hydrogens is 290 g/mol. The lowest BCUT2D eigenvalue weighted by Crippen LogP contribution is -2.24. The number of hydrogen-bond acceptors (Lipinski definition) is 3. The van der Waals surface area contributed by atoms with Gasteiger partial charge in [-0.25, -0.2) is 9.59 Å². The van der Waals surface area contributed by atoms with Crippen molar-refractivity contribution in [3.63, 3.8) is 0 Å². The van der Waals surface area contributed by atoms with Crippen molar-refractivity contribution < 1.29 is 19.8 Å². The van der Waals surface area contributed by atoms with Crippen LogP contribution < -0.4 is 0 Å². The van der Waals surface area contributed by atoms with Gasteiger partial charge < -0.3 is 10.2 Å². The van der Waals surface area contributed by atoms with E-state index in [-0.39, 0.29) is 0 Å². The molecule has 0 amide bonds. The zero-order chi connectivity index (χ0) is 13.0. The van der Waals surface area contributed by atoms with Gasteiger partial charge in [0.25, 0.3) is 0 Å². The number of nitrogens with zero attached hydrogens (tertiary/aromatic N) is 1. The van der Waals surface area contributed by atoms with E-state index in [1.807, 2.05) is 6.07 Å². The molecule has 0 aliphatic carbocycles. The lowest BCUT2D eigenvalue weighted by atomic mass is 10.1. The first-order valence-corrected chi connectivity index (χ1v) is 5.51. The minimum atomic E-state index is -1.54. The number of aliphatic imine (C=N–C) groups is 1. The van der Waals surface area contributed by atoms with Gasteiger partial charge in [0.1, 0.15) is 0 Å². The van der Waals surface area contributed by atoms with E-state index in [1.165, 1.54) is 0 Å². The first-order valence-electron chi connectivity index (χ1n) is 4.71. The van der Waals surface area contributed by atoms with E-state index in [2.05, 4.69) is 20.9 Å². The van der Waals surface area contributed by atoms with Crippen LogP contribution in [0, 0.1) is 0 Å². The first-order chi connectivity index (χ1) is 7.91. The number of benzene rings is 1. The monoisotopic (exact) mass is 299 g/mol. The number of hydrogen-bond donors (Lipinski definition) is 2. The fourth-order valence-electron chi connectivity index (χ4n) is 1.24. The Hall–Kier alpha value is -1.69. The number of halogens is 1. The van der Waals surface area contributed by atoms with Crippen LogP contribution in [0.3, 0.4) is 0 Å². The molecule has 1 aromatic rings. The molecule has 0 spiro atoms. The highest BCUT2D eigenvalue weighted by Gasteiger charge is 2.19. The molecule has 1 unspecified atom stereocenters. The predicted octanol–water partition coefficient (Wildman–Crippen LogP) is 2.12. The SMILES string of the molecule is CC(N=C(C(=O)O)C(=O)O)c1cccc(Br)c1. The van der Waals surface area contributed by atoms with Gasteiger partial charge in [-0.15, -0.1) is 0 Å². The molecule has 90 valence electrons. The maximum atomic E-state index is 10.7. The summed E-state index contributed by atoms with van der Waals surface area (Å²) in [5, 5.41) is 17.3. The zero-order valence-electron chi connectivity index (χ0n) is 8.92. The Balaban J connectivity index is 3.05. The summed E-state index contributed by atoms with van der Waals surface area (Å²) in [6.45, 7) is 1.63. The Bertz CT molecular complexity index is 468. The minimum Gasteiger partial charge on any atom is -0.476 e. The second-order valence-corrected chi connectivity index (χ2v) is 4.23. The van der Waals surface area contributed by atoms with Crippen molar-refractivity contribution in [2.24, 2.45) is 4.99 Å². The predicted molar refractivity (Wildman–Crippen MR) is 65.3 cm³/mol. The van der Waals surface area contributed by atoms with Gasteiger partial charge >= 0.3 is 11.9 Å². The summed E-state index contributed by atoms with van der Waals surface area (Å²) in [6.07, 6.45) is 0. The van der Waals surface area contributed by atoms with Crippen molar-refractivity contribution in [3.8, 4) is 0 Å². The van der Waals surface area contributed by atoms with Crippen molar-refractivity contribution in [2.75, 3.05) is 0 Å². The Morgan fingerprint density at radius 2 is 1.88 bits per heavy atom. The van der Waals surface area contributed by atoms with Crippen molar-refractivity contribution in [2.45, 2.75) is 13.0 Å². The highest BCUT2D eigenvalue weighted by molar-refractivity contribution is 9.10. The second kappa shape index (κ2) is 5.58. The smallest absolute Gasteiger partial charge is 0.361 e. The number of carboxylic acid groups (broad SMARTS) is 2. The van der Waals surface area contributed by atoms with Crippen LogP contribution in [0.25, 0.3) is 0 Å². The van der Waals surface area contributed by atoms with Crippen molar-refractivity contribution in [1.82, 2.24) is 0 Å². The van der Waals surface area contributed by atoms with Crippen LogP contribution in [-0.4, -0.2) is 27.9 Å². The summed E-state index contributed by atoms with van der Waals surface area (Å²) in [5.74, 6) is -3.08. The van der Waals surface area contributed by atoms with Gasteiger partial charge in [-0.05, 0) is 24.6 Å². The molecule has 0 aliphatic heterocycles. The van der Waals surface area contributed by atoms with Crippen LogP contribution in [0.15, 0.2) is 33.7 Å². The molecule has 0 saturated carbocycles. The molecule has 0 radical (unpaired) electrons. The van der Waals surface area contributed by atoms with E-state index in [9.17, 15) is 9.59 Å². The standard InChI is InChI=1S/C11H10BrNO4/c1-6(7-3-2-4-8(12)5-7)13-9(10(14)15)11(16)17/h2-6H,1H3,(H,14,15)(H,16,17). The molecule has 1 aromatic carbocycles. The summed E-state index contributed by atoms with van der Waals surface area (Å²) in [5.41, 5.74) is -0.128. The van der Waals surface area contributed by atoms with E-state index < -0.39 is 23.7 Å².